The summed E-state index contributed by atoms with van der Waals surface area (Å²) >= 11 is 0. The molecule has 0 bridgehead atoms. The van der Waals surface area contributed by atoms with Crippen molar-refractivity contribution in [2.45, 2.75) is 0 Å². The molecule has 0 aliphatic rings. The van der Waals surface area contributed by atoms with Gasteiger partial charge in [-0.05, 0) is 24.6 Å². The zero-order valence-electron chi connectivity index (χ0n) is 5.17. The van der Waals surface area contributed by atoms with Crippen molar-refractivity contribution in [1.29, 1.82) is 0 Å². The highest BCUT2D eigenvalue weighted by atomic mass is 14.7. The van der Waals surface area contributed by atoms with Crippen molar-refractivity contribution in [3.63, 3.8) is 0 Å². The van der Waals surface area contributed by atoms with E-state index in [1.54, 1.807) is 12.3 Å². The van der Waals surface area contributed by atoms with Crippen LogP contribution in [-0.4, -0.2) is 4.98 Å². The number of pyridine rings is 1. The predicted octanol–water partition coefficient (Wildman–Crippen LogP) is 1.91. The number of rotatable bonds is 1. The van der Waals surface area contributed by atoms with E-state index in [2.05, 4.69) is 18.5 Å². The molecule has 1 aromatic heterocycles. The normalized spacial score (nSPS) is 9.00. The lowest BCUT2D eigenvalue weighted by Crippen LogP contribution is -1.78. The number of hydrogen-bond acceptors (Lipinski definition) is 1. The van der Waals surface area contributed by atoms with Crippen LogP contribution in [0.15, 0.2) is 24.9 Å². The van der Waals surface area contributed by atoms with Crippen LogP contribution in [-0.2, 0) is 0 Å². The van der Waals surface area contributed by atoms with Gasteiger partial charge in [-0.15, -0.1) is 0 Å². The Labute approximate surface area is 55.1 Å². The summed E-state index contributed by atoms with van der Waals surface area (Å²) in [4.78, 5) is 4.02. The van der Waals surface area contributed by atoms with Crippen LogP contribution in [0.25, 0.3) is 6.08 Å². The topological polar surface area (TPSA) is 12.9 Å². The van der Waals surface area contributed by atoms with Gasteiger partial charge in [0, 0.05) is 6.20 Å². The SMILES string of the molecule is [CH2]c1ccc(C=C)nc1. The third kappa shape index (κ3) is 1.39. The van der Waals surface area contributed by atoms with E-state index in [1.165, 1.54) is 0 Å². The average Bonchev–Trinajstić information content (AvgIpc) is 1.90. The summed E-state index contributed by atoms with van der Waals surface area (Å²) in [7, 11) is 0. The van der Waals surface area contributed by atoms with Crippen LogP contribution in [0.2, 0.25) is 0 Å². The molecular formula is C8H8N. The molecule has 1 rings (SSSR count). The molecule has 0 aliphatic heterocycles. The van der Waals surface area contributed by atoms with E-state index < -0.39 is 0 Å². The molecule has 1 nitrogen and oxygen atoms in total. The maximum absolute atomic E-state index is 4.02. The first-order chi connectivity index (χ1) is 4.33. The van der Waals surface area contributed by atoms with Crippen molar-refractivity contribution in [2.75, 3.05) is 0 Å². The Hall–Kier alpha value is -1.11. The zero-order chi connectivity index (χ0) is 6.69. The summed E-state index contributed by atoms with van der Waals surface area (Å²) in [6, 6.07) is 3.79. The van der Waals surface area contributed by atoms with Gasteiger partial charge >= 0.3 is 0 Å². The highest BCUT2D eigenvalue weighted by Gasteiger charge is 1.83. The van der Waals surface area contributed by atoms with Gasteiger partial charge in [-0.2, -0.15) is 0 Å². The van der Waals surface area contributed by atoms with Crippen LogP contribution in [0.1, 0.15) is 11.3 Å². The van der Waals surface area contributed by atoms with Gasteiger partial charge in [0.15, 0.2) is 0 Å². The summed E-state index contributed by atoms with van der Waals surface area (Å²) in [5, 5.41) is 0. The van der Waals surface area contributed by atoms with Crippen LogP contribution < -0.4 is 0 Å². The Morgan fingerprint density at radius 3 is 2.67 bits per heavy atom. The molecule has 0 aliphatic carbocycles. The summed E-state index contributed by atoms with van der Waals surface area (Å²) in [6.45, 7) is 7.28. The lowest BCUT2D eigenvalue weighted by molar-refractivity contribution is 1.28. The number of hydrogen-bond donors (Lipinski definition) is 0. The molecule has 0 aromatic carbocycles. The monoisotopic (exact) mass is 118 g/mol. The van der Waals surface area contributed by atoms with Crippen molar-refractivity contribution in [3.05, 3.63) is 43.1 Å². The smallest absolute Gasteiger partial charge is 0.0623 e. The molecule has 0 atom stereocenters. The van der Waals surface area contributed by atoms with E-state index in [9.17, 15) is 0 Å². The molecule has 9 heavy (non-hydrogen) atoms. The first-order valence-electron chi connectivity index (χ1n) is 2.73. The molecule has 0 unspecified atom stereocenters. The lowest BCUT2D eigenvalue weighted by atomic mass is 10.3. The molecule has 0 amide bonds. The van der Waals surface area contributed by atoms with E-state index in [0.29, 0.717) is 0 Å². The molecule has 0 fully saturated rings. The second-order valence-electron chi connectivity index (χ2n) is 1.80. The molecule has 1 aromatic rings. The van der Waals surface area contributed by atoms with Gasteiger partial charge in [0.2, 0.25) is 0 Å². The third-order valence-corrected chi connectivity index (χ3v) is 1.06. The molecule has 1 heteroatoms. The quantitative estimate of drug-likeness (QED) is 0.549. The second kappa shape index (κ2) is 2.44. The molecule has 0 spiro atoms. The fourth-order valence-electron chi connectivity index (χ4n) is 0.557. The minimum absolute atomic E-state index is 0.891. The van der Waals surface area contributed by atoms with Crippen LogP contribution in [0.4, 0.5) is 0 Å². The standard InChI is InChI=1S/C8H8N/c1-3-8-5-4-7(2)6-9-8/h3-6H,1-2H2. The maximum atomic E-state index is 4.02. The Balaban J connectivity index is 3.01. The molecule has 0 saturated heterocycles. The van der Waals surface area contributed by atoms with Gasteiger partial charge in [-0.3, -0.25) is 4.98 Å². The molecule has 1 heterocycles. The molecule has 0 saturated carbocycles. The molecular weight excluding hydrogens is 110 g/mol. The van der Waals surface area contributed by atoms with Crippen molar-refractivity contribution in [1.82, 2.24) is 4.98 Å². The van der Waals surface area contributed by atoms with Gasteiger partial charge in [0.05, 0.1) is 5.69 Å². The minimum Gasteiger partial charge on any atom is -0.257 e. The predicted molar refractivity (Wildman–Crippen MR) is 38.8 cm³/mol. The Morgan fingerprint density at radius 2 is 2.22 bits per heavy atom. The number of aromatic nitrogens is 1. The van der Waals surface area contributed by atoms with Gasteiger partial charge in [0.1, 0.15) is 0 Å². The highest BCUT2D eigenvalue weighted by molar-refractivity contribution is 5.41. The van der Waals surface area contributed by atoms with Gasteiger partial charge in [-0.25, -0.2) is 0 Å². The van der Waals surface area contributed by atoms with E-state index in [-0.39, 0.29) is 0 Å². The van der Waals surface area contributed by atoms with Crippen molar-refractivity contribution in [2.24, 2.45) is 0 Å². The number of nitrogens with zero attached hydrogens (tertiary/aromatic N) is 1. The summed E-state index contributed by atoms with van der Waals surface area (Å²) in [5.41, 5.74) is 1.82. The molecule has 0 N–H and O–H groups in total. The van der Waals surface area contributed by atoms with Gasteiger partial charge < -0.3 is 0 Å². The Morgan fingerprint density at radius 1 is 1.44 bits per heavy atom. The first-order valence-corrected chi connectivity index (χ1v) is 2.73. The van der Waals surface area contributed by atoms with Crippen LogP contribution in [0, 0.1) is 6.92 Å². The van der Waals surface area contributed by atoms with Crippen LogP contribution in [0.5, 0.6) is 0 Å². The van der Waals surface area contributed by atoms with Crippen LogP contribution in [0.3, 0.4) is 0 Å². The summed E-state index contributed by atoms with van der Waals surface area (Å²) in [6.07, 6.45) is 3.43. The van der Waals surface area contributed by atoms with Crippen LogP contribution >= 0.6 is 0 Å². The van der Waals surface area contributed by atoms with Crippen molar-refractivity contribution >= 4 is 6.08 Å². The first kappa shape index (κ1) is 6.02. The molecule has 45 valence electrons. The lowest BCUT2D eigenvalue weighted by Gasteiger charge is -1.90. The fraction of sp³-hybridized carbons (Fsp3) is 0. The molecule has 1 radical (unpaired) electrons. The Kier molecular flexibility index (Phi) is 1.63. The second-order valence-corrected chi connectivity index (χ2v) is 1.80. The van der Waals surface area contributed by atoms with E-state index in [1.807, 2.05) is 12.1 Å². The Bertz CT molecular complexity index is 198. The van der Waals surface area contributed by atoms with E-state index >= 15 is 0 Å². The summed E-state index contributed by atoms with van der Waals surface area (Å²) < 4.78 is 0. The van der Waals surface area contributed by atoms with Crippen molar-refractivity contribution in [3.8, 4) is 0 Å². The van der Waals surface area contributed by atoms with Gasteiger partial charge in [-0.1, -0.05) is 12.6 Å². The van der Waals surface area contributed by atoms with E-state index in [0.717, 1.165) is 11.3 Å². The summed E-state index contributed by atoms with van der Waals surface area (Å²) in [5.74, 6) is 0. The zero-order valence-corrected chi connectivity index (χ0v) is 5.17. The van der Waals surface area contributed by atoms with E-state index in [4.69, 9.17) is 0 Å². The van der Waals surface area contributed by atoms with Crippen molar-refractivity contribution < 1.29 is 0 Å². The van der Waals surface area contributed by atoms with Gasteiger partial charge in [0.25, 0.3) is 0 Å². The largest absolute Gasteiger partial charge is 0.257 e. The fourth-order valence-corrected chi connectivity index (χ4v) is 0.557. The minimum atomic E-state index is 0.891. The third-order valence-electron chi connectivity index (χ3n) is 1.06. The highest BCUT2D eigenvalue weighted by Crippen LogP contribution is 1.98. The average molecular weight is 118 g/mol. The maximum Gasteiger partial charge on any atom is 0.0623 e.